The van der Waals surface area contributed by atoms with E-state index in [0.717, 1.165) is 32.4 Å². The lowest BCUT2D eigenvalue weighted by molar-refractivity contribution is -0.143. The predicted molar refractivity (Wildman–Crippen MR) is 59.9 cm³/mol. The quantitative estimate of drug-likeness (QED) is 0.667. The van der Waals surface area contributed by atoms with Crippen molar-refractivity contribution in [3.05, 3.63) is 0 Å². The van der Waals surface area contributed by atoms with Crippen molar-refractivity contribution in [1.82, 2.24) is 10.6 Å². The Morgan fingerprint density at radius 2 is 2.00 bits per heavy atom. The highest BCUT2D eigenvalue weighted by Gasteiger charge is 2.37. The lowest BCUT2D eigenvalue weighted by Crippen LogP contribution is -2.48. The summed E-state index contributed by atoms with van der Waals surface area (Å²) in [7, 11) is 1.31. The van der Waals surface area contributed by atoms with Gasteiger partial charge in [-0.2, -0.15) is 0 Å². The number of rotatable bonds is 4. The van der Waals surface area contributed by atoms with Gasteiger partial charge >= 0.3 is 5.97 Å². The summed E-state index contributed by atoms with van der Waals surface area (Å²) in [5.41, 5.74) is -0.306. The Morgan fingerprint density at radius 3 is 2.50 bits per heavy atom. The van der Waals surface area contributed by atoms with Gasteiger partial charge in [0.1, 0.15) is 6.54 Å². The van der Waals surface area contributed by atoms with Crippen LogP contribution >= 0.6 is 0 Å². The highest BCUT2D eigenvalue weighted by Crippen LogP contribution is 2.32. The van der Waals surface area contributed by atoms with Crippen LogP contribution in [0.3, 0.4) is 0 Å². The van der Waals surface area contributed by atoms with E-state index in [1.54, 1.807) is 0 Å². The molecule has 0 aromatic rings. The van der Waals surface area contributed by atoms with Crippen LogP contribution in [0.15, 0.2) is 0 Å². The van der Waals surface area contributed by atoms with E-state index in [-0.39, 0.29) is 17.9 Å². The molecule has 1 aliphatic heterocycles. The average molecular weight is 228 g/mol. The number of carbonyl (C=O) groups excluding carboxylic acids is 2. The molecule has 1 saturated heterocycles. The van der Waals surface area contributed by atoms with E-state index in [0.29, 0.717) is 0 Å². The van der Waals surface area contributed by atoms with Crippen LogP contribution in [0.5, 0.6) is 0 Å². The molecular formula is C11H20N2O3. The third-order valence-electron chi connectivity index (χ3n) is 3.34. The van der Waals surface area contributed by atoms with Gasteiger partial charge in [0.15, 0.2) is 0 Å². The maximum absolute atomic E-state index is 12.0. The summed E-state index contributed by atoms with van der Waals surface area (Å²) in [6, 6.07) is 0. The largest absolute Gasteiger partial charge is 0.468 e. The first-order valence-corrected chi connectivity index (χ1v) is 5.70. The highest BCUT2D eigenvalue weighted by molar-refractivity contribution is 5.86. The molecule has 1 aliphatic rings. The molecule has 1 heterocycles. The van der Waals surface area contributed by atoms with Gasteiger partial charge in [-0.25, -0.2) is 0 Å². The fourth-order valence-electron chi connectivity index (χ4n) is 2.06. The third-order valence-corrected chi connectivity index (χ3v) is 3.34. The van der Waals surface area contributed by atoms with Crippen LogP contribution in [0.4, 0.5) is 0 Å². The molecule has 0 unspecified atom stereocenters. The maximum atomic E-state index is 12.0. The molecule has 92 valence electrons. The van der Waals surface area contributed by atoms with Gasteiger partial charge in [-0.3, -0.25) is 9.59 Å². The average Bonchev–Trinajstić information content (AvgIpc) is 2.36. The minimum atomic E-state index is -0.409. The highest BCUT2D eigenvalue weighted by atomic mass is 16.5. The molecule has 0 radical (unpaired) electrons. The summed E-state index contributed by atoms with van der Waals surface area (Å²) < 4.78 is 4.49. The van der Waals surface area contributed by atoms with E-state index in [4.69, 9.17) is 0 Å². The maximum Gasteiger partial charge on any atom is 0.325 e. The van der Waals surface area contributed by atoms with Crippen molar-refractivity contribution < 1.29 is 14.3 Å². The third kappa shape index (κ3) is 2.95. The Kier molecular flexibility index (Phi) is 4.73. The van der Waals surface area contributed by atoms with Crippen LogP contribution in [0.2, 0.25) is 0 Å². The number of carbonyl (C=O) groups is 2. The van der Waals surface area contributed by atoms with E-state index in [2.05, 4.69) is 15.4 Å². The smallest absolute Gasteiger partial charge is 0.325 e. The Hall–Kier alpha value is -1.10. The minimum Gasteiger partial charge on any atom is -0.468 e. The Labute approximate surface area is 95.9 Å². The fraction of sp³-hybridized carbons (Fsp3) is 0.818. The predicted octanol–water partition coefficient (Wildman–Crippen LogP) is 0.0554. The SMILES string of the molecule is CCC1(C(=O)NCC(=O)OC)CCNCC1. The van der Waals surface area contributed by atoms with Crippen LogP contribution < -0.4 is 10.6 Å². The van der Waals surface area contributed by atoms with Gasteiger partial charge in [0, 0.05) is 0 Å². The first-order valence-electron chi connectivity index (χ1n) is 5.70. The first kappa shape index (κ1) is 13.0. The van der Waals surface area contributed by atoms with E-state index in [1.165, 1.54) is 7.11 Å². The van der Waals surface area contributed by atoms with Crippen molar-refractivity contribution in [2.24, 2.45) is 5.41 Å². The standard InChI is InChI=1S/C11H20N2O3/c1-3-11(4-6-12-7-5-11)10(15)13-8-9(14)16-2/h12H,3-8H2,1-2H3,(H,13,15). The normalized spacial score (nSPS) is 18.9. The summed E-state index contributed by atoms with van der Waals surface area (Å²) in [6.45, 7) is 3.70. The number of piperidine rings is 1. The van der Waals surface area contributed by atoms with Gasteiger partial charge in [-0.05, 0) is 32.4 Å². The number of esters is 1. The number of ether oxygens (including phenoxy) is 1. The number of methoxy groups -OCH3 is 1. The molecule has 5 heteroatoms. The fourth-order valence-corrected chi connectivity index (χ4v) is 2.06. The Bertz CT molecular complexity index is 260. The van der Waals surface area contributed by atoms with Gasteiger partial charge in [0.2, 0.25) is 5.91 Å². The Morgan fingerprint density at radius 1 is 1.38 bits per heavy atom. The molecular weight excluding hydrogens is 208 g/mol. The zero-order valence-electron chi connectivity index (χ0n) is 9.97. The summed E-state index contributed by atoms with van der Waals surface area (Å²) in [5.74, 6) is -0.435. The lowest BCUT2D eigenvalue weighted by atomic mass is 9.76. The molecule has 1 rings (SSSR count). The zero-order chi connectivity index (χ0) is 12.0. The molecule has 0 aromatic heterocycles. The van der Waals surface area contributed by atoms with Crippen LogP contribution in [0.25, 0.3) is 0 Å². The van der Waals surface area contributed by atoms with Gasteiger partial charge in [-0.15, -0.1) is 0 Å². The summed E-state index contributed by atoms with van der Waals surface area (Å²) in [5, 5.41) is 5.89. The van der Waals surface area contributed by atoms with Crippen molar-refractivity contribution >= 4 is 11.9 Å². The zero-order valence-corrected chi connectivity index (χ0v) is 9.97. The molecule has 0 bridgehead atoms. The van der Waals surface area contributed by atoms with E-state index < -0.39 is 5.97 Å². The van der Waals surface area contributed by atoms with Gasteiger partial charge in [-0.1, -0.05) is 6.92 Å². The van der Waals surface area contributed by atoms with Crippen LogP contribution in [0, 0.1) is 5.41 Å². The molecule has 0 aromatic carbocycles. The van der Waals surface area contributed by atoms with Crippen molar-refractivity contribution in [2.45, 2.75) is 26.2 Å². The van der Waals surface area contributed by atoms with Gasteiger partial charge < -0.3 is 15.4 Å². The van der Waals surface area contributed by atoms with Crippen molar-refractivity contribution in [1.29, 1.82) is 0 Å². The molecule has 5 nitrogen and oxygen atoms in total. The lowest BCUT2D eigenvalue weighted by Gasteiger charge is -2.35. The van der Waals surface area contributed by atoms with E-state index >= 15 is 0 Å². The van der Waals surface area contributed by atoms with Crippen molar-refractivity contribution in [2.75, 3.05) is 26.7 Å². The molecule has 2 N–H and O–H groups in total. The molecule has 0 saturated carbocycles. The second-order valence-electron chi connectivity index (χ2n) is 4.14. The van der Waals surface area contributed by atoms with Gasteiger partial charge in [0.05, 0.1) is 12.5 Å². The van der Waals surface area contributed by atoms with Crippen LogP contribution in [0.1, 0.15) is 26.2 Å². The summed E-state index contributed by atoms with van der Waals surface area (Å²) >= 11 is 0. The molecule has 0 aliphatic carbocycles. The topological polar surface area (TPSA) is 67.4 Å². The number of nitrogens with one attached hydrogen (secondary N) is 2. The first-order chi connectivity index (χ1) is 7.64. The number of amides is 1. The monoisotopic (exact) mass is 228 g/mol. The summed E-state index contributed by atoms with van der Waals surface area (Å²) in [4.78, 5) is 23.0. The second-order valence-corrected chi connectivity index (χ2v) is 4.14. The second kappa shape index (κ2) is 5.84. The molecule has 0 atom stereocenters. The number of hydrogen-bond donors (Lipinski definition) is 2. The molecule has 1 fully saturated rings. The van der Waals surface area contributed by atoms with E-state index in [1.807, 2.05) is 6.92 Å². The van der Waals surface area contributed by atoms with Crippen molar-refractivity contribution in [3.63, 3.8) is 0 Å². The molecule has 16 heavy (non-hydrogen) atoms. The molecule has 1 amide bonds. The molecule has 0 spiro atoms. The summed E-state index contributed by atoms with van der Waals surface area (Å²) in [6.07, 6.45) is 2.47. The van der Waals surface area contributed by atoms with Crippen molar-refractivity contribution in [3.8, 4) is 0 Å². The van der Waals surface area contributed by atoms with Crippen LogP contribution in [-0.4, -0.2) is 38.6 Å². The van der Waals surface area contributed by atoms with Crippen LogP contribution in [-0.2, 0) is 14.3 Å². The van der Waals surface area contributed by atoms with E-state index in [9.17, 15) is 9.59 Å². The minimum absolute atomic E-state index is 0.0260. The number of hydrogen-bond acceptors (Lipinski definition) is 4. The van der Waals surface area contributed by atoms with Gasteiger partial charge in [0.25, 0.3) is 0 Å². The Balaban J connectivity index is 2.51.